The van der Waals surface area contributed by atoms with E-state index >= 15 is 0 Å². The van der Waals surface area contributed by atoms with Crippen LogP contribution in [0.4, 0.5) is 11.4 Å². The molecule has 0 unspecified atom stereocenters. The molecule has 0 aromatic heterocycles. The number of para-hydroxylation sites is 2. The van der Waals surface area contributed by atoms with Crippen molar-refractivity contribution in [2.75, 3.05) is 23.3 Å². The van der Waals surface area contributed by atoms with Gasteiger partial charge in [0, 0.05) is 17.8 Å². The quantitative estimate of drug-likeness (QED) is 0.353. The zero-order valence-corrected chi connectivity index (χ0v) is 20.2. The second-order valence-corrected chi connectivity index (χ2v) is 9.65. The highest BCUT2D eigenvalue weighted by atomic mass is 32.2. The van der Waals surface area contributed by atoms with Gasteiger partial charge in [0.25, 0.3) is 11.8 Å². The Morgan fingerprint density at radius 3 is 2.48 bits per heavy atom. The fourth-order valence-corrected chi connectivity index (χ4v) is 5.35. The number of nitrogens with one attached hydrogen (secondary N) is 1. The van der Waals surface area contributed by atoms with Crippen LogP contribution in [0.5, 0.6) is 0 Å². The lowest BCUT2D eigenvalue weighted by atomic mass is 10.1. The maximum atomic E-state index is 13.5. The number of anilines is 2. The summed E-state index contributed by atoms with van der Waals surface area (Å²) >= 11 is 6.62. The third kappa shape index (κ3) is 4.58. The lowest BCUT2D eigenvalue weighted by Crippen LogP contribution is -2.35. The van der Waals surface area contributed by atoms with E-state index in [2.05, 4.69) is 12.2 Å². The van der Waals surface area contributed by atoms with E-state index in [0.717, 1.165) is 24.8 Å². The number of fused-ring (bicyclic) bond motifs is 1. The first-order valence-electron chi connectivity index (χ1n) is 11.0. The molecule has 2 aliphatic heterocycles. The molecule has 0 atom stereocenters. The minimum absolute atomic E-state index is 0.148. The Kier molecular flexibility index (Phi) is 6.95. The Hall–Kier alpha value is -2.97. The van der Waals surface area contributed by atoms with Crippen LogP contribution in [0, 0.1) is 6.92 Å². The van der Waals surface area contributed by atoms with Gasteiger partial charge in [-0.05, 0) is 31.0 Å². The highest BCUT2D eigenvalue weighted by Crippen LogP contribution is 2.44. The van der Waals surface area contributed by atoms with Crippen LogP contribution < -0.4 is 10.2 Å². The van der Waals surface area contributed by atoms with Gasteiger partial charge in [-0.1, -0.05) is 80.1 Å². The normalized spacial score (nSPS) is 17.7. The van der Waals surface area contributed by atoms with Crippen molar-refractivity contribution in [3.05, 3.63) is 64.6 Å². The zero-order chi connectivity index (χ0) is 23.5. The van der Waals surface area contributed by atoms with E-state index in [1.54, 1.807) is 11.0 Å². The topological polar surface area (TPSA) is 69.7 Å². The van der Waals surface area contributed by atoms with Gasteiger partial charge in [-0.15, -0.1) is 0 Å². The van der Waals surface area contributed by atoms with Gasteiger partial charge >= 0.3 is 0 Å². The number of rotatable bonds is 7. The SMILES string of the molecule is CCCCCN1C(=O)C(=C2C(=O)N(CC(=O)Nc3ccccc3C)c3ccccc32)SC1=S. The van der Waals surface area contributed by atoms with E-state index in [0.29, 0.717) is 38.3 Å². The molecular formula is C25H25N3O3S2. The van der Waals surface area contributed by atoms with Gasteiger partial charge in [-0.3, -0.25) is 24.2 Å². The average molecular weight is 480 g/mol. The summed E-state index contributed by atoms with van der Waals surface area (Å²) in [4.78, 5) is 42.8. The Labute approximate surface area is 203 Å². The van der Waals surface area contributed by atoms with Gasteiger partial charge in [0.1, 0.15) is 10.9 Å². The van der Waals surface area contributed by atoms with Gasteiger partial charge in [0.15, 0.2) is 0 Å². The minimum atomic E-state index is -0.356. The van der Waals surface area contributed by atoms with E-state index in [9.17, 15) is 14.4 Å². The molecule has 1 fully saturated rings. The number of carbonyl (C=O) groups is 3. The van der Waals surface area contributed by atoms with Crippen molar-refractivity contribution in [3.8, 4) is 0 Å². The first-order valence-corrected chi connectivity index (χ1v) is 12.2. The van der Waals surface area contributed by atoms with Crippen molar-refractivity contribution in [2.45, 2.75) is 33.1 Å². The van der Waals surface area contributed by atoms with Gasteiger partial charge in [0.05, 0.1) is 16.2 Å². The molecule has 2 aromatic rings. The fraction of sp³-hybridized carbons (Fsp3) is 0.280. The molecule has 8 heteroatoms. The second-order valence-electron chi connectivity index (χ2n) is 8.01. The first kappa shape index (κ1) is 23.2. The molecule has 2 aliphatic rings. The molecule has 0 radical (unpaired) electrons. The molecule has 1 saturated heterocycles. The summed E-state index contributed by atoms with van der Waals surface area (Å²) in [5.41, 5.74) is 3.24. The molecule has 1 N–H and O–H groups in total. The predicted molar refractivity (Wildman–Crippen MR) is 137 cm³/mol. The van der Waals surface area contributed by atoms with Crippen LogP contribution in [-0.2, 0) is 14.4 Å². The number of benzene rings is 2. The summed E-state index contributed by atoms with van der Waals surface area (Å²) in [6.45, 7) is 4.41. The van der Waals surface area contributed by atoms with E-state index in [1.807, 2.05) is 49.4 Å². The number of thiocarbonyl (C=S) groups is 1. The smallest absolute Gasteiger partial charge is 0.267 e. The molecule has 0 spiro atoms. The summed E-state index contributed by atoms with van der Waals surface area (Å²) in [5.74, 6) is -0.892. The summed E-state index contributed by atoms with van der Waals surface area (Å²) in [5, 5.41) is 2.87. The van der Waals surface area contributed by atoms with E-state index < -0.39 is 0 Å². The molecule has 4 rings (SSSR count). The highest BCUT2D eigenvalue weighted by molar-refractivity contribution is 8.26. The van der Waals surface area contributed by atoms with Gasteiger partial charge < -0.3 is 5.32 Å². The van der Waals surface area contributed by atoms with Gasteiger partial charge in [0.2, 0.25) is 5.91 Å². The van der Waals surface area contributed by atoms with Crippen molar-refractivity contribution in [1.29, 1.82) is 0 Å². The molecule has 0 saturated carbocycles. The molecule has 33 heavy (non-hydrogen) atoms. The number of hydrogen-bond donors (Lipinski definition) is 1. The van der Waals surface area contributed by atoms with Crippen LogP contribution in [0.15, 0.2) is 53.4 Å². The number of nitrogens with zero attached hydrogens (tertiary/aromatic N) is 2. The second kappa shape index (κ2) is 9.89. The number of carbonyl (C=O) groups excluding carboxylic acids is 3. The molecule has 2 heterocycles. The monoisotopic (exact) mass is 479 g/mol. The first-order chi connectivity index (χ1) is 15.9. The maximum Gasteiger partial charge on any atom is 0.267 e. The fourth-order valence-electron chi connectivity index (χ4n) is 3.97. The van der Waals surface area contributed by atoms with Crippen molar-refractivity contribution >= 4 is 63.0 Å². The Bertz CT molecular complexity index is 1170. The molecule has 0 bridgehead atoms. The molecule has 170 valence electrons. The Morgan fingerprint density at radius 2 is 1.73 bits per heavy atom. The van der Waals surface area contributed by atoms with Crippen LogP contribution in [0.25, 0.3) is 5.57 Å². The Morgan fingerprint density at radius 1 is 1.00 bits per heavy atom. The summed E-state index contributed by atoms with van der Waals surface area (Å²) in [6.07, 6.45) is 2.91. The summed E-state index contributed by atoms with van der Waals surface area (Å²) in [6, 6.07) is 14.7. The molecule has 0 aliphatic carbocycles. The Balaban J connectivity index is 1.61. The van der Waals surface area contributed by atoms with Crippen molar-refractivity contribution < 1.29 is 14.4 Å². The number of thioether (sulfide) groups is 1. The van der Waals surface area contributed by atoms with Crippen molar-refractivity contribution in [2.24, 2.45) is 0 Å². The maximum absolute atomic E-state index is 13.5. The lowest BCUT2D eigenvalue weighted by molar-refractivity contribution is -0.122. The third-order valence-corrected chi connectivity index (χ3v) is 7.15. The van der Waals surface area contributed by atoms with Crippen molar-refractivity contribution in [3.63, 3.8) is 0 Å². The largest absolute Gasteiger partial charge is 0.324 e. The summed E-state index contributed by atoms with van der Waals surface area (Å²) in [7, 11) is 0. The van der Waals surface area contributed by atoms with E-state index in [-0.39, 0.29) is 24.3 Å². The molecule has 3 amide bonds. The number of hydrogen-bond acceptors (Lipinski definition) is 5. The van der Waals surface area contributed by atoms with E-state index in [4.69, 9.17) is 12.2 Å². The third-order valence-electron chi connectivity index (χ3n) is 5.71. The minimum Gasteiger partial charge on any atom is -0.324 e. The van der Waals surface area contributed by atoms with Crippen LogP contribution >= 0.6 is 24.0 Å². The average Bonchev–Trinajstić information content (AvgIpc) is 3.23. The summed E-state index contributed by atoms with van der Waals surface area (Å²) < 4.78 is 0.472. The van der Waals surface area contributed by atoms with Crippen molar-refractivity contribution in [1.82, 2.24) is 4.90 Å². The lowest BCUT2D eigenvalue weighted by Gasteiger charge is -2.17. The molecule has 6 nitrogen and oxygen atoms in total. The number of aryl methyl sites for hydroxylation is 1. The van der Waals surface area contributed by atoms with Crippen LogP contribution in [0.2, 0.25) is 0 Å². The number of amides is 3. The van der Waals surface area contributed by atoms with Crippen LogP contribution in [-0.4, -0.2) is 40.0 Å². The zero-order valence-electron chi connectivity index (χ0n) is 18.6. The molecular weight excluding hydrogens is 454 g/mol. The standard InChI is InChI=1S/C25H25N3O3S2/c1-3-4-9-14-27-24(31)22(33-25(27)32)21-17-11-6-8-13-19(17)28(23(21)30)15-20(29)26-18-12-7-5-10-16(18)2/h5-8,10-13H,3-4,9,14-15H2,1-2H3,(H,26,29). The highest BCUT2D eigenvalue weighted by Gasteiger charge is 2.42. The van der Waals surface area contributed by atoms with E-state index in [1.165, 1.54) is 16.7 Å². The number of unbranched alkanes of at least 4 members (excludes halogenated alkanes) is 2. The molecule has 2 aromatic carbocycles. The van der Waals surface area contributed by atoms with Gasteiger partial charge in [-0.25, -0.2) is 0 Å². The van der Waals surface area contributed by atoms with Crippen LogP contribution in [0.1, 0.15) is 37.3 Å². The van der Waals surface area contributed by atoms with Crippen LogP contribution in [0.3, 0.4) is 0 Å². The predicted octanol–water partition coefficient (Wildman–Crippen LogP) is 4.74. The van der Waals surface area contributed by atoms with Gasteiger partial charge in [-0.2, -0.15) is 0 Å².